The van der Waals surface area contributed by atoms with Crippen LogP contribution in [-0.2, 0) is 17.6 Å². The molecule has 1 heterocycles. The van der Waals surface area contributed by atoms with E-state index in [9.17, 15) is 18.4 Å². The number of alkyl halides is 2. The highest BCUT2D eigenvalue weighted by Crippen LogP contribution is 2.34. The highest BCUT2D eigenvalue weighted by molar-refractivity contribution is 7.99. The molecule has 178 valence electrons. The van der Waals surface area contributed by atoms with Gasteiger partial charge in [0.25, 0.3) is 6.43 Å². The number of hydrogen-bond acceptors (Lipinski definition) is 5. The summed E-state index contributed by atoms with van der Waals surface area (Å²) in [7, 11) is 0. The maximum atomic E-state index is 13.8. The van der Waals surface area contributed by atoms with E-state index < -0.39 is 18.2 Å². The number of fused-ring (bicyclic) bond motifs is 1. The number of amides is 1. The van der Waals surface area contributed by atoms with Gasteiger partial charge in [-0.2, -0.15) is 0 Å². The minimum Gasteiger partial charge on any atom is -0.478 e. The zero-order valence-corrected chi connectivity index (χ0v) is 19.6. The molecule has 1 amide bonds. The molecule has 0 unspecified atom stereocenters. The van der Waals surface area contributed by atoms with E-state index >= 15 is 0 Å². The number of aromatic carboxylic acids is 1. The number of aromatic nitrogens is 3. The predicted molar refractivity (Wildman–Crippen MR) is 125 cm³/mol. The largest absolute Gasteiger partial charge is 0.478 e. The molecule has 7 nitrogen and oxygen atoms in total. The number of carbonyl (C=O) groups is 2. The number of carboxylic acids is 1. The lowest BCUT2D eigenvalue weighted by atomic mass is 9.87. The van der Waals surface area contributed by atoms with Crippen molar-refractivity contribution in [3.8, 4) is 5.69 Å². The van der Waals surface area contributed by atoms with Gasteiger partial charge in [-0.05, 0) is 86.1 Å². The summed E-state index contributed by atoms with van der Waals surface area (Å²) in [6, 6.07) is 8.16. The van der Waals surface area contributed by atoms with E-state index in [1.165, 1.54) is 28.3 Å². The van der Waals surface area contributed by atoms with Crippen molar-refractivity contribution >= 4 is 29.3 Å². The average molecular weight is 487 g/mol. The third kappa shape index (κ3) is 4.82. The Morgan fingerprint density at radius 2 is 1.82 bits per heavy atom. The first kappa shape index (κ1) is 23.9. The average Bonchev–Trinajstić information content (AvgIpc) is 3.23. The van der Waals surface area contributed by atoms with Crippen LogP contribution >= 0.6 is 11.8 Å². The van der Waals surface area contributed by atoms with Gasteiger partial charge in [0.2, 0.25) is 11.7 Å². The number of anilines is 1. The highest BCUT2D eigenvalue weighted by Gasteiger charge is 2.26. The smallest absolute Gasteiger partial charge is 0.335 e. The lowest BCUT2D eigenvalue weighted by Gasteiger charge is -2.23. The van der Waals surface area contributed by atoms with E-state index in [0.717, 1.165) is 48.6 Å². The molecule has 34 heavy (non-hydrogen) atoms. The molecule has 1 aliphatic carbocycles. The van der Waals surface area contributed by atoms with Crippen molar-refractivity contribution < 1.29 is 23.5 Å². The summed E-state index contributed by atoms with van der Waals surface area (Å²) in [6.07, 6.45) is 0.942. The van der Waals surface area contributed by atoms with Crippen LogP contribution in [0.1, 0.15) is 57.7 Å². The van der Waals surface area contributed by atoms with Crippen molar-refractivity contribution in [3.63, 3.8) is 0 Å². The monoisotopic (exact) mass is 486 g/mol. The first-order chi connectivity index (χ1) is 16.3. The molecule has 0 atom stereocenters. The molecule has 4 rings (SSSR count). The summed E-state index contributed by atoms with van der Waals surface area (Å²) in [5.74, 6) is -1.94. The molecule has 0 saturated heterocycles. The number of halogens is 2. The van der Waals surface area contributed by atoms with Crippen LogP contribution in [-0.4, -0.2) is 37.5 Å². The van der Waals surface area contributed by atoms with Crippen molar-refractivity contribution in [2.45, 2.75) is 51.1 Å². The SMILES string of the molecule is Cc1cc(C(=O)O)ccc1NC(=O)CSc1nnc(C(F)F)n1-c1ccc(C)c2c1CCCC2. The summed E-state index contributed by atoms with van der Waals surface area (Å²) < 4.78 is 29.0. The standard InChI is InChI=1S/C24H24F2N4O3S/c1-13-7-10-19(17-6-4-3-5-16(13)17)30-22(21(25)26)28-29-24(30)34-12-20(31)27-18-9-8-15(23(32)33)11-14(18)2/h7-11,21H,3-6,12H2,1-2H3,(H,27,31)(H,32,33). The van der Waals surface area contributed by atoms with Gasteiger partial charge >= 0.3 is 5.97 Å². The third-order valence-electron chi connectivity index (χ3n) is 5.92. The summed E-state index contributed by atoms with van der Waals surface area (Å²) in [4.78, 5) is 23.7. The van der Waals surface area contributed by atoms with Gasteiger partial charge in [0.15, 0.2) is 5.16 Å². The van der Waals surface area contributed by atoms with E-state index in [4.69, 9.17) is 5.11 Å². The van der Waals surface area contributed by atoms with Gasteiger partial charge in [-0.3, -0.25) is 9.36 Å². The minimum absolute atomic E-state index is 0.0739. The minimum atomic E-state index is -2.81. The van der Waals surface area contributed by atoms with E-state index in [1.807, 2.05) is 19.1 Å². The lowest BCUT2D eigenvalue weighted by molar-refractivity contribution is -0.113. The second kappa shape index (κ2) is 9.92. The first-order valence-electron chi connectivity index (χ1n) is 10.9. The molecule has 0 saturated carbocycles. The Balaban J connectivity index is 1.58. The van der Waals surface area contributed by atoms with Crippen molar-refractivity contribution in [1.82, 2.24) is 14.8 Å². The predicted octanol–water partition coefficient (Wildman–Crippen LogP) is 5.13. The number of rotatable bonds is 7. The number of nitrogens with zero attached hydrogens (tertiary/aromatic N) is 3. The highest BCUT2D eigenvalue weighted by atomic mass is 32.2. The van der Waals surface area contributed by atoms with Gasteiger partial charge in [0.1, 0.15) is 0 Å². The zero-order valence-electron chi connectivity index (χ0n) is 18.8. The summed E-state index contributed by atoms with van der Waals surface area (Å²) >= 11 is 1.03. The second-order valence-electron chi connectivity index (χ2n) is 8.21. The maximum Gasteiger partial charge on any atom is 0.335 e. The molecule has 0 fully saturated rings. The number of benzene rings is 2. The Hall–Kier alpha value is -3.27. The van der Waals surface area contributed by atoms with E-state index in [1.54, 1.807) is 6.92 Å². The molecule has 1 aromatic heterocycles. The third-order valence-corrected chi connectivity index (χ3v) is 6.85. The normalized spacial score (nSPS) is 13.1. The number of hydrogen-bond donors (Lipinski definition) is 2. The van der Waals surface area contributed by atoms with Gasteiger partial charge in [0.05, 0.1) is 17.0 Å². The van der Waals surface area contributed by atoms with Crippen LogP contribution in [0.15, 0.2) is 35.5 Å². The van der Waals surface area contributed by atoms with Gasteiger partial charge in [-0.25, -0.2) is 13.6 Å². The molecule has 1 aliphatic rings. The van der Waals surface area contributed by atoms with Crippen molar-refractivity contribution in [3.05, 3.63) is 64.0 Å². The van der Waals surface area contributed by atoms with Crippen molar-refractivity contribution in [2.75, 3.05) is 11.1 Å². The van der Waals surface area contributed by atoms with Gasteiger partial charge < -0.3 is 10.4 Å². The number of carboxylic acid groups (broad SMARTS) is 1. The van der Waals surface area contributed by atoms with Crippen LogP contribution in [0, 0.1) is 13.8 Å². The van der Waals surface area contributed by atoms with Crippen LogP contribution in [0.3, 0.4) is 0 Å². The fraction of sp³-hybridized carbons (Fsp3) is 0.333. The van der Waals surface area contributed by atoms with Gasteiger partial charge in [-0.15, -0.1) is 10.2 Å². The van der Waals surface area contributed by atoms with Crippen LogP contribution in [0.4, 0.5) is 14.5 Å². The van der Waals surface area contributed by atoms with E-state index in [-0.39, 0.29) is 22.4 Å². The molecule has 10 heteroatoms. The molecule has 0 aliphatic heterocycles. The number of carbonyl (C=O) groups excluding carboxylic acids is 1. The summed E-state index contributed by atoms with van der Waals surface area (Å²) in [5, 5.41) is 19.7. The molecule has 0 bridgehead atoms. The van der Waals surface area contributed by atoms with Crippen LogP contribution in [0.5, 0.6) is 0 Å². The molecular weight excluding hydrogens is 462 g/mol. The second-order valence-corrected chi connectivity index (χ2v) is 9.16. The molecule has 0 spiro atoms. The van der Waals surface area contributed by atoms with Gasteiger partial charge in [-0.1, -0.05) is 17.8 Å². The lowest BCUT2D eigenvalue weighted by Crippen LogP contribution is -2.16. The van der Waals surface area contributed by atoms with Crippen LogP contribution in [0.25, 0.3) is 5.69 Å². The van der Waals surface area contributed by atoms with Gasteiger partial charge in [0, 0.05) is 5.69 Å². The number of nitrogens with one attached hydrogen (secondary N) is 1. The fourth-order valence-corrected chi connectivity index (χ4v) is 4.99. The number of aryl methyl sites for hydroxylation is 2. The Morgan fingerprint density at radius 3 is 2.50 bits per heavy atom. The van der Waals surface area contributed by atoms with E-state index in [0.29, 0.717) is 16.9 Å². The van der Waals surface area contributed by atoms with E-state index in [2.05, 4.69) is 15.5 Å². The number of thioether (sulfide) groups is 1. The Labute approximate surface area is 199 Å². The van der Waals surface area contributed by atoms with Crippen molar-refractivity contribution in [2.24, 2.45) is 0 Å². The molecule has 0 radical (unpaired) electrons. The molecule has 3 aromatic rings. The first-order valence-corrected chi connectivity index (χ1v) is 11.9. The Kier molecular flexibility index (Phi) is 6.97. The summed E-state index contributed by atoms with van der Waals surface area (Å²) in [5.41, 5.74) is 5.22. The summed E-state index contributed by atoms with van der Waals surface area (Å²) in [6.45, 7) is 3.72. The van der Waals surface area contributed by atoms with Crippen LogP contribution in [0.2, 0.25) is 0 Å². The molecule has 2 aromatic carbocycles. The fourth-order valence-electron chi connectivity index (χ4n) is 4.23. The molecule has 2 N–H and O–H groups in total. The Bertz CT molecular complexity index is 1260. The zero-order chi connectivity index (χ0) is 24.4. The van der Waals surface area contributed by atoms with Crippen molar-refractivity contribution in [1.29, 1.82) is 0 Å². The van der Waals surface area contributed by atoms with Crippen LogP contribution < -0.4 is 5.32 Å². The topological polar surface area (TPSA) is 97.1 Å². The molecular formula is C24H24F2N4O3S. The Morgan fingerprint density at radius 1 is 1.09 bits per heavy atom. The quantitative estimate of drug-likeness (QED) is 0.450. The maximum absolute atomic E-state index is 13.8.